The second kappa shape index (κ2) is 12.1. The van der Waals surface area contributed by atoms with Crippen molar-refractivity contribution in [2.45, 2.75) is 122 Å². The predicted molar refractivity (Wildman–Crippen MR) is 165 cm³/mol. The molecule has 4 saturated carbocycles. The molecule has 40 heavy (non-hydrogen) atoms. The Bertz CT molecular complexity index is 1140. The van der Waals surface area contributed by atoms with Gasteiger partial charge in [0.05, 0.1) is 18.3 Å². The monoisotopic (exact) mass is 544 g/mol. The molecule has 3 N–H and O–H groups in total. The first-order valence-corrected chi connectivity index (χ1v) is 16.1. The molecule has 0 amide bonds. The summed E-state index contributed by atoms with van der Waals surface area (Å²) in [6, 6.07) is 9.05. The number of aliphatic hydroxyl groups is 3. The molecule has 1 aromatic rings. The second-order valence-corrected chi connectivity index (χ2v) is 13.8. The minimum atomic E-state index is -0.635. The van der Waals surface area contributed by atoms with E-state index in [4.69, 9.17) is 0 Å². The van der Waals surface area contributed by atoms with Crippen LogP contribution in [0.1, 0.15) is 103 Å². The van der Waals surface area contributed by atoms with Gasteiger partial charge in [-0.05, 0) is 110 Å². The zero-order chi connectivity index (χ0) is 28.5. The molecule has 0 spiro atoms. The van der Waals surface area contributed by atoms with Crippen LogP contribution < -0.4 is 0 Å². The van der Waals surface area contributed by atoms with Gasteiger partial charge in [-0.1, -0.05) is 87.9 Å². The van der Waals surface area contributed by atoms with Gasteiger partial charge in [0.1, 0.15) is 0 Å². The second-order valence-electron chi connectivity index (χ2n) is 13.8. The lowest BCUT2D eigenvalue weighted by molar-refractivity contribution is 0.0862. The van der Waals surface area contributed by atoms with Crippen LogP contribution in [0.2, 0.25) is 0 Å². The van der Waals surface area contributed by atoms with E-state index < -0.39 is 18.3 Å². The maximum absolute atomic E-state index is 11.3. The van der Waals surface area contributed by atoms with Gasteiger partial charge < -0.3 is 15.3 Å². The van der Waals surface area contributed by atoms with Crippen LogP contribution in [-0.2, 0) is 11.8 Å². The zero-order valence-corrected chi connectivity index (χ0v) is 25.1. The lowest BCUT2D eigenvalue weighted by Crippen LogP contribution is -2.35. The maximum atomic E-state index is 11.3. The first-order chi connectivity index (χ1) is 19.2. The summed E-state index contributed by atoms with van der Waals surface area (Å²) in [5.74, 6) is 1.62. The lowest BCUT2D eigenvalue weighted by Gasteiger charge is -2.44. The molecule has 1 aromatic carbocycles. The Kier molecular flexibility index (Phi) is 8.95. The highest BCUT2D eigenvalue weighted by Gasteiger charge is 2.51. The molecule has 0 heterocycles. The molecule has 0 unspecified atom stereocenters. The van der Waals surface area contributed by atoms with Crippen molar-refractivity contribution in [1.82, 2.24) is 0 Å². The number of fused-ring (bicyclic) bond motifs is 1. The van der Waals surface area contributed by atoms with E-state index in [9.17, 15) is 15.3 Å². The number of rotatable bonds is 9. The van der Waals surface area contributed by atoms with Crippen LogP contribution in [0.5, 0.6) is 0 Å². The molecule has 3 heteroatoms. The molecule has 4 fully saturated rings. The van der Waals surface area contributed by atoms with E-state index in [2.05, 4.69) is 75.9 Å². The van der Waals surface area contributed by atoms with Crippen molar-refractivity contribution in [2.24, 2.45) is 23.2 Å². The van der Waals surface area contributed by atoms with Crippen LogP contribution >= 0.6 is 0 Å². The lowest BCUT2D eigenvalue weighted by atomic mass is 9.61. The van der Waals surface area contributed by atoms with Crippen LogP contribution in [-0.4, -0.2) is 33.6 Å². The van der Waals surface area contributed by atoms with Crippen molar-refractivity contribution in [3.8, 4) is 0 Å². The summed E-state index contributed by atoms with van der Waals surface area (Å²) in [4.78, 5) is 0. The quantitative estimate of drug-likeness (QED) is 0.279. The zero-order valence-electron chi connectivity index (χ0n) is 25.1. The Balaban J connectivity index is 1.25. The summed E-state index contributed by atoms with van der Waals surface area (Å²) in [6.07, 6.45) is 20.1. The highest BCUT2D eigenvalue weighted by atomic mass is 16.3. The van der Waals surface area contributed by atoms with Crippen LogP contribution in [0.15, 0.2) is 71.9 Å². The predicted octanol–water partition coefficient (Wildman–Crippen LogP) is 7.76. The van der Waals surface area contributed by atoms with Crippen molar-refractivity contribution in [3.05, 3.63) is 83.0 Å². The third-order valence-electron chi connectivity index (χ3n) is 11.2. The van der Waals surface area contributed by atoms with E-state index in [1.165, 1.54) is 55.2 Å². The third kappa shape index (κ3) is 5.85. The molecule has 4 aliphatic carbocycles. The van der Waals surface area contributed by atoms with Gasteiger partial charge in [0.15, 0.2) is 0 Å². The Morgan fingerprint density at radius 2 is 1.80 bits per heavy atom. The molecular formula is C37H52O3. The Morgan fingerprint density at radius 1 is 1.05 bits per heavy atom. The number of allylic oxidation sites excluding steroid dienone is 4. The highest BCUT2D eigenvalue weighted by molar-refractivity contribution is 5.39. The van der Waals surface area contributed by atoms with Crippen molar-refractivity contribution >= 4 is 0 Å². The van der Waals surface area contributed by atoms with Crippen molar-refractivity contribution in [2.75, 3.05) is 0 Å². The Morgan fingerprint density at radius 3 is 2.50 bits per heavy atom. The summed E-state index contributed by atoms with van der Waals surface area (Å²) < 4.78 is 0. The van der Waals surface area contributed by atoms with E-state index in [1.807, 2.05) is 0 Å². The SMILES string of the molecule is C=C1C(=CC=C2CCC[C@]3(C)[C@@H]([C@H](C)C=C[C@@H](O)C4(c5ccc(CCCC)cc5)CC4)CC[C@@H]23)C[C@@H](O)C[C@@H]1O. The molecule has 0 saturated heterocycles. The molecular weight excluding hydrogens is 492 g/mol. The van der Waals surface area contributed by atoms with Crippen molar-refractivity contribution in [1.29, 1.82) is 0 Å². The van der Waals surface area contributed by atoms with E-state index in [0.717, 1.165) is 36.8 Å². The van der Waals surface area contributed by atoms with E-state index >= 15 is 0 Å². The molecule has 5 rings (SSSR count). The van der Waals surface area contributed by atoms with E-state index in [-0.39, 0.29) is 10.8 Å². The molecule has 3 nitrogen and oxygen atoms in total. The molecule has 218 valence electrons. The number of hydrogen-bond donors (Lipinski definition) is 3. The Hall–Kier alpha value is -1.94. The van der Waals surface area contributed by atoms with Gasteiger partial charge in [-0.15, -0.1) is 0 Å². The van der Waals surface area contributed by atoms with Gasteiger partial charge in [0, 0.05) is 11.8 Å². The first-order valence-electron chi connectivity index (χ1n) is 16.1. The fourth-order valence-corrected chi connectivity index (χ4v) is 8.48. The normalized spacial score (nSPS) is 35.3. The largest absolute Gasteiger partial charge is 0.393 e. The minimum Gasteiger partial charge on any atom is -0.393 e. The molecule has 0 aliphatic heterocycles. The topological polar surface area (TPSA) is 60.7 Å². The summed E-state index contributed by atoms with van der Waals surface area (Å²) in [5, 5.41) is 31.7. The molecule has 0 aromatic heterocycles. The standard InChI is InChI=1S/C37H52O3/c1-5-6-8-27-11-15-30(16-12-27)37(21-22-37)35(40)19-10-25(2)32-17-18-33-28(9-7-20-36(32,33)4)13-14-29-23-31(38)24-34(39)26(29)3/h10-16,19,25,31-35,38-40H,3,5-9,17-18,20-24H2,1-2,4H3/t25-,31-,32-,33+,34+,35-,36-/m1/s1. The fourth-order valence-electron chi connectivity index (χ4n) is 8.48. The van der Waals surface area contributed by atoms with Gasteiger partial charge in [0.2, 0.25) is 0 Å². The Labute approximate surface area is 242 Å². The molecule has 7 atom stereocenters. The fraction of sp³-hybridized carbons (Fsp3) is 0.622. The van der Waals surface area contributed by atoms with Crippen LogP contribution in [0.3, 0.4) is 0 Å². The minimum absolute atomic E-state index is 0.0971. The summed E-state index contributed by atoms with van der Waals surface area (Å²) >= 11 is 0. The smallest absolute Gasteiger partial charge is 0.0817 e. The number of aryl methyl sites for hydroxylation is 1. The average Bonchev–Trinajstić information content (AvgIpc) is 3.67. The van der Waals surface area contributed by atoms with Gasteiger partial charge in [-0.2, -0.15) is 0 Å². The first kappa shape index (κ1) is 29.5. The van der Waals surface area contributed by atoms with Gasteiger partial charge in [-0.3, -0.25) is 0 Å². The van der Waals surface area contributed by atoms with E-state index in [0.29, 0.717) is 30.6 Å². The van der Waals surface area contributed by atoms with Crippen LogP contribution in [0.4, 0.5) is 0 Å². The molecule has 0 bridgehead atoms. The van der Waals surface area contributed by atoms with Crippen LogP contribution in [0.25, 0.3) is 0 Å². The number of unbranched alkanes of at least 4 members (excludes halogenated alkanes) is 1. The summed E-state index contributed by atoms with van der Waals surface area (Å²) in [5.41, 5.74) is 6.16. The van der Waals surface area contributed by atoms with Crippen LogP contribution in [0, 0.1) is 23.2 Å². The molecule has 0 radical (unpaired) electrons. The van der Waals surface area contributed by atoms with Gasteiger partial charge in [-0.25, -0.2) is 0 Å². The van der Waals surface area contributed by atoms with Crippen molar-refractivity contribution < 1.29 is 15.3 Å². The number of aliphatic hydroxyl groups excluding tert-OH is 3. The van der Waals surface area contributed by atoms with E-state index in [1.54, 1.807) is 0 Å². The molecule has 4 aliphatic rings. The maximum Gasteiger partial charge on any atom is 0.0817 e. The van der Waals surface area contributed by atoms with Gasteiger partial charge >= 0.3 is 0 Å². The number of benzene rings is 1. The van der Waals surface area contributed by atoms with Gasteiger partial charge in [0.25, 0.3) is 0 Å². The van der Waals surface area contributed by atoms with Crippen molar-refractivity contribution in [3.63, 3.8) is 0 Å². The third-order valence-corrected chi connectivity index (χ3v) is 11.2. The number of hydrogen-bond acceptors (Lipinski definition) is 3. The summed E-state index contributed by atoms with van der Waals surface area (Å²) in [7, 11) is 0. The highest BCUT2D eigenvalue weighted by Crippen LogP contribution is 2.60. The summed E-state index contributed by atoms with van der Waals surface area (Å²) in [6.45, 7) is 11.2. The average molecular weight is 545 g/mol.